The Bertz CT molecular complexity index is 1720. The molecule has 51 heavy (non-hydrogen) atoms. The highest BCUT2D eigenvalue weighted by molar-refractivity contribution is 6.34. The van der Waals surface area contributed by atoms with Crippen LogP contribution in [0.25, 0.3) is 0 Å². The van der Waals surface area contributed by atoms with Gasteiger partial charge in [0.2, 0.25) is 5.91 Å². The summed E-state index contributed by atoms with van der Waals surface area (Å²) in [7, 11) is 0. The first kappa shape index (κ1) is 36.9. The number of hydrogen-bond acceptors (Lipinski definition) is 7. The molecule has 4 amide bonds. The van der Waals surface area contributed by atoms with Crippen LogP contribution in [-0.4, -0.2) is 52.7 Å². The lowest BCUT2D eigenvalue weighted by Gasteiger charge is -2.56. The van der Waals surface area contributed by atoms with Crippen LogP contribution in [-0.2, 0) is 29.3 Å². The predicted molar refractivity (Wildman–Crippen MR) is 195 cm³/mol. The number of halogens is 1. The Hall–Kier alpha value is -3.92. The summed E-state index contributed by atoms with van der Waals surface area (Å²) in [5.41, 5.74) is 0.481. The van der Waals surface area contributed by atoms with Crippen molar-refractivity contribution in [3.63, 3.8) is 0 Å². The Morgan fingerprint density at radius 1 is 1.00 bits per heavy atom. The molecule has 4 saturated carbocycles. The molecule has 1 aliphatic heterocycles. The average Bonchev–Trinajstić information content (AvgIpc) is 3.26. The zero-order valence-corrected chi connectivity index (χ0v) is 31.3. The number of nitrogens with one attached hydrogen (secondary N) is 2. The Kier molecular flexibility index (Phi) is 10.0. The van der Waals surface area contributed by atoms with Gasteiger partial charge in [-0.05, 0) is 125 Å². The first-order chi connectivity index (χ1) is 24.0. The lowest BCUT2D eigenvalue weighted by Crippen LogP contribution is -2.60. The molecular weight excluding hydrogens is 670 g/mol. The van der Waals surface area contributed by atoms with Gasteiger partial charge in [0, 0.05) is 17.5 Å². The lowest BCUT2D eigenvalue weighted by atomic mass is 9.48. The van der Waals surface area contributed by atoms with E-state index in [1.54, 1.807) is 6.07 Å². The first-order valence-electron chi connectivity index (χ1n) is 18.3. The van der Waals surface area contributed by atoms with E-state index in [1.807, 2.05) is 12.1 Å². The number of benzene rings is 2. The summed E-state index contributed by atoms with van der Waals surface area (Å²) in [5.74, 6) is -0.237. The second kappa shape index (κ2) is 13.9. The number of nitrogens with zero attached hydrogens (tertiary/aromatic N) is 1. The Morgan fingerprint density at radius 2 is 1.65 bits per heavy atom. The molecule has 0 aromatic heterocycles. The molecular formula is C40H50ClN3O7. The molecule has 5 fully saturated rings. The molecule has 2 aromatic rings. The molecule has 5 aliphatic rings. The van der Waals surface area contributed by atoms with E-state index in [2.05, 4.69) is 44.4 Å². The summed E-state index contributed by atoms with van der Waals surface area (Å²) in [5, 5.41) is 5.72. The van der Waals surface area contributed by atoms with Gasteiger partial charge in [-0.1, -0.05) is 50.1 Å². The van der Waals surface area contributed by atoms with Crippen molar-refractivity contribution in [3.05, 3.63) is 52.5 Å². The van der Waals surface area contributed by atoms with E-state index in [4.69, 9.17) is 21.1 Å². The number of carbonyl (C=O) groups excluding carboxylic acids is 5. The van der Waals surface area contributed by atoms with Crippen LogP contribution in [0.1, 0.15) is 104 Å². The van der Waals surface area contributed by atoms with E-state index < -0.39 is 40.7 Å². The van der Waals surface area contributed by atoms with Crippen LogP contribution in [0.5, 0.6) is 5.75 Å². The van der Waals surface area contributed by atoms with Gasteiger partial charge in [-0.2, -0.15) is 0 Å². The predicted octanol–water partition coefficient (Wildman–Crippen LogP) is 7.98. The molecule has 4 bridgehead atoms. The summed E-state index contributed by atoms with van der Waals surface area (Å²) >= 11 is 6.50. The van der Waals surface area contributed by atoms with Gasteiger partial charge in [-0.25, -0.2) is 9.69 Å². The van der Waals surface area contributed by atoms with Crippen molar-refractivity contribution in [1.29, 1.82) is 0 Å². The highest BCUT2D eigenvalue weighted by atomic mass is 35.5. The number of ether oxygens (including phenoxy) is 2. The standard InChI is InChI=1S/C40H50ClN3O7/c1-7-38(3,4)28-15-23(2)10-13-31(28)50-14-8-9-32(45)42-27-11-12-29(41)30(19-27)43-35(47)33(44-36(48)39(5,6)51-37(44)49)34(46)40-20-24-16-25(21-40)18-26(17-24)22-40/h10-13,15,19,24-26,33H,7-9,14,16-18,20-22H2,1-6H3,(H,42,45)(H,43,47). The summed E-state index contributed by atoms with van der Waals surface area (Å²) in [6, 6.07) is 9.08. The minimum atomic E-state index is -1.71. The number of anilines is 2. The third-order valence-corrected chi connectivity index (χ3v) is 12.0. The fraction of sp³-hybridized carbons (Fsp3) is 0.575. The zero-order chi connectivity index (χ0) is 36.9. The SMILES string of the molecule is CCC(C)(C)c1cc(C)ccc1OCCCC(=O)Nc1ccc(Cl)c(NC(=O)C(C(=O)C23CC4CC(CC(C4)C2)C3)N2C(=O)OC(C)(C)C2=O)c1. The molecule has 2 N–H and O–H groups in total. The Balaban J connectivity index is 1.14. The van der Waals surface area contributed by atoms with Crippen molar-refractivity contribution in [3.8, 4) is 5.75 Å². The maximum Gasteiger partial charge on any atom is 0.418 e. The van der Waals surface area contributed by atoms with Gasteiger partial charge in [-0.15, -0.1) is 0 Å². The maximum absolute atomic E-state index is 14.6. The number of imide groups is 1. The van der Waals surface area contributed by atoms with E-state index in [1.165, 1.54) is 26.0 Å². The van der Waals surface area contributed by atoms with Crippen LogP contribution in [0.2, 0.25) is 5.02 Å². The minimum absolute atomic E-state index is 0.0491. The van der Waals surface area contributed by atoms with Gasteiger partial charge in [0.15, 0.2) is 17.4 Å². The van der Waals surface area contributed by atoms with Gasteiger partial charge in [0.25, 0.3) is 11.8 Å². The van der Waals surface area contributed by atoms with Crippen LogP contribution >= 0.6 is 11.6 Å². The van der Waals surface area contributed by atoms with Crippen molar-refractivity contribution in [2.24, 2.45) is 23.2 Å². The van der Waals surface area contributed by atoms with Crippen molar-refractivity contribution in [2.45, 2.75) is 116 Å². The normalized spacial score (nSPS) is 25.4. The molecule has 1 unspecified atom stereocenters. The fourth-order valence-corrected chi connectivity index (χ4v) is 9.15. The van der Waals surface area contributed by atoms with Crippen LogP contribution < -0.4 is 15.4 Å². The second-order valence-electron chi connectivity index (χ2n) is 16.4. The number of amides is 4. The highest BCUT2D eigenvalue weighted by Gasteiger charge is 2.61. The first-order valence-corrected chi connectivity index (χ1v) is 18.6. The van der Waals surface area contributed by atoms with Crippen LogP contribution in [0.4, 0.5) is 16.2 Å². The third-order valence-electron chi connectivity index (χ3n) is 11.7. The van der Waals surface area contributed by atoms with Crippen molar-refractivity contribution in [2.75, 3.05) is 17.2 Å². The monoisotopic (exact) mass is 719 g/mol. The smallest absolute Gasteiger partial charge is 0.418 e. The molecule has 4 aliphatic carbocycles. The zero-order valence-electron chi connectivity index (χ0n) is 30.5. The summed E-state index contributed by atoms with van der Waals surface area (Å²) in [6.07, 6.45) is 5.79. The molecule has 11 heteroatoms. The Morgan fingerprint density at radius 3 is 2.24 bits per heavy atom. The quantitative estimate of drug-likeness (QED) is 0.159. The fourth-order valence-electron chi connectivity index (χ4n) is 8.99. The summed E-state index contributed by atoms with van der Waals surface area (Å²) in [4.78, 5) is 68.9. The van der Waals surface area contributed by atoms with E-state index >= 15 is 0 Å². The van der Waals surface area contributed by atoms with E-state index in [0.29, 0.717) is 60.6 Å². The molecule has 1 atom stereocenters. The number of aryl methyl sites for hydroxylation is 1. The maximum atomic E-state index is 14.6. The number of carbonyl (C=O) groups is 5. The lowest BCUT2D eigenvalue weighted by molar-refractivity contribution is -0.155. The van der Waals surface area contributed by atoms with Crippen LogP contribution in [0.15, 0.2) is 36.4 Å². The number of Topliss-reactive ketones (excluding diaryl/α,β-unsaturated/α-hetero) is 1. The molecule has 274 valence electrons. The topological polar surface area (TPSA) is 131 Å². The average molecular weight is 720 g/mol. The minimum Gasteiger partial charge on any atom is -0.493 e. The number of rotatable bonds is 13. The molecule has 1 heterocycles. The molecule has 7 rings (SSSR count). The molecule has 10 nitrogen and oxygen atoms in total. The van der Waals surface area contributed by atoms with Crippen molar-refractivity contribution >= 4 is 52.6 Å². The van der Waals surface area contributed by atoms with Crippen molar-refractivity contribution in [1.82, 2.24) is 4.90 Å². The largest absolute Gasteiger partial charge is 0.493 e. The number of cyclic esters (lactones) is 1. The third kappa shape index (κ3) is 7.39. The molecule has 0 spiro atoms. The molecule has 1 saturated heterocycles. The van der Waals surface area contributed by atoms with Gasteiger partial charge in [0.05, 0.1) is 17.3 Å². The second-order valence-corrected chi connectivity index (χ2v) is 16.8. The highest BCUT2D eigenvalue weighted by Crippen LogP contribution is 2.61. The van der Waals surface area contributed by atoms with E-state index in [0.717, 1.165) is 42.6 Å². The molecule has 0 radical (unpaired) electrons. The number of ketones is 1. The van der Waals surface area contributed by atoms with Gasteiger partial charge in [-0.3, -0.25) is 19.2 Å². The van der Waals surface area contributed by atoms with E-state index in [9.17, 15) is 24.0 Å². The number of hydrogen-bond donors (Lipinski definition) is 2. The van der Waals surface area contributed by atoms with Gasteiger partial charge < -0.3 is 20.1 Å². The summed E-state index contributed by atoms with van der Waals surface area (Å²) in [6.45, 7) is 11.8. The van der Waals surface area contributed by atoms with Crippen molar-refractivity contribution < 1.29 is 33.4 Å². The summed E-state index contributed by atoms with van der Waals surface area (Å²) < 4.78 is 11.4. The van der Waals surface area contributed by atoms with Crippen LogP contribution in [0, 0.1) is 30.1 Å². The van der Waals surface area contributed by atoms with Gasteiger partial charge in [0.1, 0.15) is 5.75 Å². The van der Waals surface area contributed by atoms with Gasteiger partial charge >= 0.3 is 6.09 Å². The Labute approximate surface area is 305 Å². The van der Waals surface area contributed by atoms with Crippen LogP contribution in [0.3, 0.4) is 0 Å². The van der Waals surface area contributed by atoms with E-state index in [-0.39, 0.29) is 28.5 Å². The molecule has 2 aromatic carbocycles.